The molecular weight excluding hydrogens is 306 g/mol. The molecule has 2 heterocycles. The Kier molecular flexibility index (Phi) is 5.05. The van der Waals surface area contributed by atoms with Crippen LogP contribution in [0.2, 0.25) is 0 Å². The third-order valence-electron chi connectivity index (χ3n) is 4.16. The maximum absolute atomic E-state index is 12.4. The molecule has 0 spiro atoms. The Balaban J connectivity index is 1.72. The summed E-state index contributed by atoms with van der Waals surface area (Å²) in [6.45, 7) is 3.00. The van der Waals surface area contributed by atoms with E-state index in [0.29, 0.717) is 6.54 Å². The molecule has 24 heavy (non-hydrogen) atoms. The van der Waals surface area contributed by atoms with Crippen LogP contribution >= 0.6 is 0 Å². The number of nitrogens with one attached hydrogen (secondary N) is 1. The highest BCUT2D eigenvalue weighted by molar-refractivity contribution is 5.92. The second kappa shape index (κ2) is 7.40. The van der Waals surface area contributed by atoms with Gasteiger partial charge in [0.1, 0.15) is 5.69 Å². The normalized spacial score (nSPS) is 18.3. The highest BCUT2D eigenvalue weighted by atomic mass is 16.5. The molecule has 1 aromatic carbocycles. The maximum atomic E-state index is 12.4. The average molecular weight is 327 g/mol. The number of hydrogen-bond donors (Lipinski definition) is 1. The molecule has 1 fully saturated rings. The van der Waals surface area contributed by atoms with Crippen molar-refractivity contribution in [1.29, 1.82) is 0 Å². The number of ether oxygens (including phenoxy) is 1. The fourth-order valence-electron chi connectivity index (χ4n) is 2.81. The Morgan fingerprint density at radius 2 is 2.12 bits per heavy atom. The van der Waals surface area contributed by atoms with Gasteiger partial charge in [-0.1, -0.05) is 30.3 Å². The van der Waals surface area contributed by atoms with Crippen LogP contribution in [0, 0.1) is 0 Å². The molecule has 6 nitrogen and oxygen atoms in total. The first-order valence-corrected chi connectivity index (χ1v) is 8.18. The van der Waals surface area contributed by atoms with Crippen LogP contribution in [-0.4, -0.2) is 34.4 Å². The zero-order valence-electron chi connectivity index (χ0n) is 13.6. The number of benzene rings is 1. The van der Waals surface area contributed by atoms with Gasteiger partial charge in [-0.3, -0.25) is 9.59 Å². The summed E-state index contributed by atoms with van der Waals surface area (Å²) in [5.41, 5.74) is 0.954. The van der Waals surface area contributed by atoms with Crippen LogP contribution in [0.4, 0.5) is 0 Å². The minimum atomic E-state index is -0.292. The van der Waals surface area contributed by atoms with Crippen molar-refractivity contribution in [2.45, 2.75) is 38.5 Å². The molecule has 1 aliphatic heterocycles. The molecule has 1 saturated heterocycles. The molecule has 2 atom stereocenters. The Morgan fingerprint density at radius 1 is 1.33 bits per heavy atom. The second-order valence-corrected chi connectivity index (χ2v) is 6.01. The van der Waals surface area contributed by atoms with Gasteiger partial charge in [-0.25, -0.2) is 4.68 Å². The fraction of sp³-hybridized carbons (Fsp3) is 0.389. The number of hydrogen-bond acceptors (Lipinski definition) is 4. The Hall–Kier alpha value is -2.47. The van der Waals surface area contributed by atoms with Gasteiger partial charge in [0.05, 0.1) is 18.7 Å². The van der Waals surface area contributed by atoms with Crippen LogP contribution in [0.1, 0.15) is 35.8 Å². The second-order valence-electron chi connectivity index (χ2n) is 6.01. The molecule has 1 aromatic heterocycles. The van der Waals surface area contributed by atoms with E-state index in [1.807, 2.05) is 37.3 Å². The van der Waals surface area contributed by atoms with Gasteiger partial charge in [0.15, 0.2) is 0 Å². The molecule has 1 amide bonds. The predicted molar refractivity (Wildman–Crippen MR) is 89.9 cm³/mol. The summed E-state index contributed by atoms with van der Waals surface area (Å²) in [6, 6.07) is 12.3. The maximum Gasteiger partial charge on any atom is 0.272 e. The van der Waals surface area contributed by atoms with Crippen molar-refractivity contribution in [3.63, 3.8) is 0 Å². The molecule has 0 radical (unpaired) electrons. The third-order valence-corrected chi connectivity index (χ3v) is 4.16. The lowest BCUT2D eigenvalue weighted by atomic mass is 10.1. The predicted octanol–water partition coefficient (Wildman–Crippen LogP) is 1.59. The van der Waals surface area contributed by atoms with Gasteiger partial charge < -0.3 is 10.1 Å². The van der Waals surface area contributed by atoms with Crippen LogP contribution in [0.25, 0.3) is 0 Å². The smallest absolute Gasteiger partial charge is 0.272 e. The summed E-state index contributed by atoms with van der Waals surface area (Å²) < 4.78 is 6.89. The summed E-state index contributed by atoms with van der Waals surface area (Å²) in [7, 11) is 0. The van der Waals surface area contributed by atoms with Crippen LogP contribution in [0.15, 0.2) is 47.3 Å². The first-order chi connectivity index (χ1) is 11.6. The molecular formula is C18H21N3O3. The van der Waals surface area contributed by atoms with Crippen molar-refractivity contribution in [3.05, 3.63) is 64.1 Å². The van der Waals surface area contributed by atoms with Crippen molar-refractivity contribution in [1.82, 2.24) is 15.1 Å². The molecule has 3 rings (SSSR count). The van der Waals surface area contributed by atoms with Gasteiger partial charge >= 0.3 is 0 Å². The van der Waals surface area contributed by atoms with E-state index in [4.69, 9.17) is 4.74 Å². The number of carbonyl (C=O) groups excluding carboxylic acids is 1. The van der Waals surface area contributed by atoms with Gasteiger partial charge in [-0.15, -0.1) is 0 Å². The molecule has 2 unspecified atom stereocenters. The lowest BCUT2D eigenvalue weighted by molar-refractivity contribution is 0.0708. The zero-order chi connectivity index (χ0) is 16.9. The van der Waals surface area contributed by atoms with E-state index < -0.39 is 0 Å². The molecule has 1 aliphatic rings. The van der Waals surface area contributed by atoms with Crippen LogP contribution in [0.5, 0.6) is 0 Å². The molecule has 6 heteroatoms. The minimum absolute atomic E-state index is 0.0455. The molecule has 126 valence electrons. The van der Waals surface area contributed by atoms with Crippen molar-refractivity contribution in [2.24, 2.45) is 0 Å². The van der Waals surface area contributed by atoms with Gasteiger partial charge in [-0.2, -0.15) is 5.10 Å². The summed E-state index contributed by atoms with van der Waals surface area (Å²) in [6.07, 6.45) is 2.01. The lowest BCUT2D eigenvalue weighted by Crippen LogP contribution is -2.41. The standard InChI is InChI=1S/C18H21N3O3/c1-13(16-8-5-11-24-16)19-18(23)15-9-10-17(22)21(20-15)12-14-6-3-2-4-7-14/h2-4,6-7,9-10,13,16H,5,8,11-12H2,1H3,(H,19,23). The fourth-order valence-corrected chi connectivity index (χ4v) is 2.81. The first kappa shape index (κ1) is 16.4. The van der Waals surface area contributed by atoms with E-state index in [1.165, 1.54) is 16.8 Å². The quantitative estimate of drug-likeness (QED) is 0.905. The number of amides is 1. The lowest BCUT2D eigenvalue weighted by Gasteiger charge is -2.19. The summed E-state index contributed by atoms with van der Waals surface area (Å²) in [5.74, 6) is -0.292. The van der Waals surface area contributed by atoms with Gasteiger partial charge in [-0.05, 0) is 31.4 Å². The van der Waals surface area contributed by atoms with Crippen molar-refractivity contribution >= 4 is 5.91 Å². The third kappa shape index (κ3) is 3.89. The SMILES string of the molecule is CC(NC(=O)c1ccc(=O)n(Cc2ccccc2)n1)C1CCCO1. The molecule has 0 bridgehead atoms. The summed E-state index contributed by atoms with van der Waals surface area (Å²) in [5, 5.41) is 7.11. The number of rotatable bonds is 5. The minimum Gasteiger partial charge on any atom is -0.376 e. The number of aromatic nitrogens is 2. The van der Waals surface area contributed by atoms with Crippen LogP contribution in [-0.2, 0) is 11.3 Å². The number of carbonyl (C=O) groups is 1. The topological polar surface area (TPSA) is 73.2 Å². The van der Waals surface area contributed by atoms with Gasteiger partial charge in [0, 0.05) is 12.7 Å². The summed E-state index contributed by atoms with van der Waals surface area (Å²) in [4.78, 5) is 24.4. The average Bonchev–Trinajstić information content (AvgIpc) is 3.12. The number of nitrogens with zero attached hydrogens (tertiary/aromatic N) is 2. The Morgan fingerprint density at radius 3 is 2.83 bits per heavy atom. The van der Waals surface area contributed by atoms with E-state index in [1.54, 1.807) is 0 Å². The van der Waals surface area contributed by atoms with E-state index in [0.717, 1.165) is 25.0 Å². The van der Waals surface area contributed by atoms with E-state index in [-0.39, 0.29) is 29.3 Å². The Labute approximate surface area is 140 Å². The summed E-state index contributed by atoms with van der Waals surface area (Å²) >= 11 is 0. The molecule has 2 aromatic rings. The van der Waals surface area contributed by atoms with Crippen LogP contribution in [0.3, 0.4) is 0 Å². The van der Waals surface area contributed by atoms with E-state index in [2.05, 4.69) is 10.4 Å². The highest BCUT2D eigenvalue weighted by Crippen LogP contribution is 2.15. The monoisotopic (exact) mass is 327 g/mol. The highest BCUT2D eigenvalue weighted by Gasteiger charge is 2.24. The molecule has 0 aliphatic carbocycles. The zero-order valence-corrected chi connectivity index (χ0v) is 13.6. The van der Waals surface area contributed by atoms with Gasteiger partial charge in [0.2, 0.25) is 0 Å². The van der Waals surface area contributed by atoms with Gasteiger partial charge in [0.25, 0.3) is 11.5 Å². The van der Waals surface area contributed by atoms with Crippen molar-refractivity contribution in [3.8, 4) is 0 Å². The Bertz CT molecular complexity index is 752. The molecule has 0 saturated carbocycles. The van der Waals surface area contributed by atoms with E-state index >= 15 is 0 Å². The molecule has 1 N–H and O–H groups in total. The largest absolute Gasteiger partial charge is 0.376 e. The van der Waals surface area contributed by atoms with E-state index in [9.17, 15) is 9.59 Å². The van der Waals surface area contributed by atoms with Crippen molar-refractivity contribution < 1.29 is 9.53 Å². The van der Waals surface area contributed by atoms with Crippen LogP contribution < -0.4 is 10.9 Å². The van der Waals surface area contributed by atoms with Crippen molar-refractivity contribution in [2.75, 3.05) is 6.61 Å². The first-order valence-electron chi connectivity index (χ1n) is 8.18.